The van der Waals surface area contributed by atoms with Crippen molar-refractivity contribution in [1.29, 1.82) is 0 Å². The number of piperidine rings is 1. The number of likely N-dealkylation sites (tertiary alicyclic amines) is 1. The van der Waals surface area contributed by atoms with E-state index >= 15 is 0 Å². The standard InChI is InChI=1S/C23H25Cl2FN4O3/c24-17-2-4-21(27-11-17)29-7-5-14(6-8-29)22(31)30-12-16(10-28-23(32)33)18(13-30)15-1-3-20(26)19(25)9-15/h1-4,9,11,14,16,18,28H,5-8,10,12-13H2,(H,32,33)/t16-,18-/m0/s1. The molecule has 2 N–H and O–H groups in total. The molecule has 1 aromatic carbocycles. The van der Waals surface area contributed by atoms with Gasteiger partial charge < -0.3 is 20.2 Å². The van der Waals surface area contributed by atoms with E-state index in [2.05, 4.69) is 15.2 Å². The number of carbonyl (C=O) groups is 2. The molecule has 2 atom stereocenters. The van der Waals surface area contributed by atoms with Crippen molar-refractivity contribution in [3.8, 4) is 0 Å². The first kappa shape index (κ1) is 23.6. The maximum absolute atomic E-state index is 13.7. The van der Waals surface area contributed by atoms with E-state index in [1.54, 1.807) is 24.4 Å². The summed E-state index contributed by atoms with van der Waals surface area (Å²) < 4.78 is 13.7. The van der Waals surface area contributed by atoms with E-state index in [9.17, 15) is 14.0 Å². The largest absolute Gasteiger partial charge is 0.465 e. The summed E-state index contributed by atoms with van der Waals surface area (Å²) in [6.07, 6.45) is 1.93. The fourth-order valence-corrected chi connectivity index (χ4v) is 5.07. The molecule has 4 rings (SSSR count). The molecule has 0 bridgehead atoms. The van der Waals surface area contributed by atoms with Crippen LogP contribution >= 0.6 is 23.2 Å². The Hall–Kier alpha value is -2.58. The molecule has 10 heteroatoms. The van der Waals surface area contributed by atoms with Crippen molar-refractivity contribution in [3.05, 3.63) is 58.0 Å². The average molecular weight is 495 g/mol. The van der Waals surface area contributed by atoms with E-state index in [0.29, 0.717) is 31.0 Å². The third-order valence-corrected chi connectivity index (χ3v) is 7.03. The van der Waals surface area contributed by atoms with Gasteiger partial charge in [-0.05, 0) is 42.7 Å². The summed E-state index contributed by atoms with van der Waals surface area (Å²) in [4.78, 5) is 32.7. The van der Waals surface area contributed by atoms with Crippen molar-refractivity contribution in [3.63, 3.8) is 0 Å². The first-order chi connectivity index (χ1) is 15.8. The van der Waals surface area contributed by atoms with Crippen molar-refractivity contribution in [1.82, 2.24) is 15.2 Å². The van der Waals surface area contributed by atoms with Gasteiger partial charge >= 0.3 is 6.09 Å². The van der Waals surface area contributed by atoms with E-state index in [0.717, 1.165) is 24.5 Å². The predicted octanol–water partition coefficient (Wildman–Crippen LogP) is 4.25. The molecule has 0 spiro atoms. The van der Waals surface area contributed by atoms with Gasteiger partial charge in [-0.25, -0.2) is 14.2 Å². The van der Waals surface area contributed by atoms with Crippen LogP contribution in [0.4, 0.5) is 15.0 Å². The Bertz CT molecular complexity index is 1020. The molecule has 2 saturated heterocycles. The Morgan fingerprint density at radius 3 is 2.55 bits per heavy atom. The fourth-order valence-electron chi connectivity index (χ4n) is 4.77. The van der Waals surface area contributed by atoms with Gasteiger partial charge in [0.05, 0.1) is 10.0 Å². The highest BCUT2D eigenvalue weighted by atomic mass is 35.5. The van der Waals surface area contributed by atoms with E-state index < -0.39 is 11.9 Å². The van der Waals surface area contributed by atoms with E-state index in [4.69, 9.17) is 28.3 Å². The van der Waals surface area contributed by atoms with Crippen LogP contribution in [0.5, 0.6) is 0 Å². The number of carbonyl (C=O) groups excluding carboxylic acids is 1. The Labute approximate surface area is 201 Å². The maximum atomic E-state index is 13.7. The van der Waals surface area contributed by atoms with Gasteiger partial charge in [0.15, 0.2) is 0 Å². The molecule has 0 saturated carbocycles. The first-order valence-electron chi connectivity index (χ1n) is 10.9. The highest BCUT2D eigenvalue weighted by Crippen LogP contribution is 2.36. The van der Waals surface area contributed by atoms with Crippen molar-refractivity contribution in [2.75, 3.05) is 37.6 Å². The van der Waals surface area contributed by atoms with Crippen LogP contribution in [0.1, 0.15) is 24.3 Å². The predicted molar refractivity (Wildman–Crippen MR) is 124 cm³/mol. The van der Waals surface area contributed by atoms with Gasteiger partial charge in [-0.1, -0.05) is 29.3 Å². The molecule has 2 aromatic rings. The summed E-state index contributed by atoms with van der Waals surface area (Å²) in [5.41, 5.74) is 0.803. The Balaban J connectivity index is 1.42. The van der Waals surface area contributed by atoms with Crippen LogP contribution < -0.4 is 10.2 Å². The molecule has 176 valence electrons. The number of anilines is 1. The van der Waals surface area contributed by atoms with E-state index in [1.165, 1.54) is 6.07 Å². The van der Waals surface area contributed by atoms with Crippen LogP contribution in [0.15, 0.2) is 36.5 Å². The number of amides is 2. The number of benzene rings is 1. The molecular weight excluding hydrogens is 470 g/mol. The van der Waals surface area contributed by atoms with Gasteiger partial charge in [0.2, 0.25) is 5.91 Å². The van der Waals surface area contributed by atoms with Crippen molar-refractivity contribution >= 4 is 41.0 Å². The van der Waals surface area contributed by atoms with Gasteiger partial charge in [0.1, 0.15) is 11.6 Å². The lowest BCUT2D eigenvalue weighted by Crippen LogP contribution is -2.42. The monoisotopic (exact) mass is 494 g/mol. The fraction of sp³-hybridized carbons (Fsp3) is 0.435. The number of nitrogens with one attached hydrogen (secondary N) is 1. The lowest BCUT2D eigenvalue weighted by Gasteiger charge is -2.34. The summed E-state index contributed by atoms with van der Waals surface area (Å²) in [5.74, 6) is 0.0714. The number of halogens is 3. The molecule has 3 heterocycles. The van der Waals surface area contributed by atoms with Crippen LogP contribution in [0.2, 0.25) is 10.0 Å². The second-order valence-electron chi connectivity index (χ2n) is 8.57. The highest BCUT2D eigenvalue weighted by Gasteiger charge is 2.39. The van der Waals surface area contributed by atoms with Crippen molar-refractivity contribution in [2.45, 2.75) is 18.8 Å². The SMILES string of the molecule is O=C(O)NC[C@H]1CN(C(=O)C2CCN(c3ccc(Cl)cn3)CC2)C[C@H]1c1ccc(F)c(Cl)c1. The minimum Gasteiger partial charge on any atom is -0.465 e. The lowest BCUT2D eigenvalue weighted by atomic mass is 9.89. The molecule has 2 amide bonds. The molecule has 0 aliphatic carbocycles. The summed E-state index contributed by atoms with van der Waals surface area (Å²) in [6, 6.07) is 8.22. The average Bonchev–Trinajstić information content (AvgIpc) is 3.24. The number of hydrogen-bond donors (Lipinski definition) is 2. The minimum atomic E-state index is -1.11. The van der Waals surface area contributed by atoms with E-state index in [-0.39, 0.29) is 35.2 Å². The Morgan fingerprint density at radius 1 is 1.15 bits per heavy atom. The van der Waals surface area contributed by atoms with Crippen LogP contribution in [-0.4, -0.2) is 59.7 Å². The van der Waals surface area contributed by atoms with Crippen molar-refractivity contribution in [2.24, 2.45) is 11.8 Å². The van der Waals surface area contributed by atoms with Crippen LogP contribution in [-0.2, 0) is 4.79 Å². The van der Waals surface area contributed by atoms with Gasteiger partial charge in [-0.15, -0.1) is 0 Å². The molecule has 2 aliphatic heterocycles. The highest BCUT2D eigenvalue weighted by molar-refractivity contribution is 6.31. The summed E-state index contributed by atoms with van der Waals surface area (Å²) >= 11 is 11.9. The minimum absolute atomic E-state index is 0.0189. The van der Waals surface area contributed by atoms with Crippen LogP contribution in [0.3, 0.4) is 0 Å². The second-order valence-corrected chi connectivity index (χ2v) is 9.41. The second kappa shape index (κ2) is 10.1. The zero-order valence-electron chi connectivity index (χ0n) is 17.9. The molecule has 0 radical (unpaired) electrons. The molecule has 2 fully saturated rings. The summed E-state index contributed by atoms with van der Waals surface area (Å²) in [6.45, 7) is 2.54. The number of pyridine rings is 1. The lowest BCUT2D eigenvalue weighted by molar-refractivity contribution is -0.135. The van der Waals surface area contributed by atoms with Crippen LogP contribution in [0.25, 0.3) is 0 Å². The molecule has 2 aliphatic rings. The Morgan fingerprint density at radius 2 is 1.91 bits per heavy atom. The van der Waals surface area contributed by atoms with Gasteiger partial charge in [0, 0.05) is 56.7 Å². The zero-order valence-corrected chi connectivity index (χ0v) is 19.4. The Kier molecular flexibility index (Phi) is 7.24. The summed E-state index contributed by atoms with van der Waals surface area (Å²) in [5, 5.41) is 12.1. The normalized spacial score (nSPS) is 21.3. The summed E-state index contributed by atoms with van der Waals surface area (Å²) in [7, 11) is 0. The number of rotatable bonds is 5. The topological polar surface area (TPSA) is 85.8 Å². The van der Waals surface area contributed by atoms with Crippen molar-refractivity contribution < 1.29 is 19.1 Å². The number of nitrogens with zero attached hydrogens (tertiary/aromatic N) is 3. The molecular formula is C23H25Cl2FN4O3. The third-order valence-electron chi connectivity index (χ3n) is 6.52. The first-order valence-corrected chi connectivity index (χ1v) is 11.6. The van der Waals surface area contributed by atoms with Crippen LogP contribution in [0, 0.1) is 17.7 Å². The van der Waals surface area contributed by atoms with E-state index in [1.807, 2.05) is 11.0 Å². The molecule has 33 heavy (non-hydrogen) atoms. The molecule has 1 aromatic heterocycles. The smallest absolute Gasteiger partial charge is 0.404 e. The zero-order chi connectivity index (χ0) is 23.5. The number of carboxylic acid groups (broad SMARTS) is 1. The third kappa shape index (κ3) is 5.50. The molecule has 7 nitrogen and oxygen atoms in total. The van der Waals surface area contributed by atoms with Gasteiger partial charge in [-0.3, -0.25) is 4.79 Å². The maximum Gasteiger partial charge on any atom is 0.404 e. The van der Waals surface area contributed by atoms with Gasteiger partial charge in [-0.2, -0.15) is 0 Å². The van der Waals surface area contributed by atoms with Gasteiger partial charge in [0.25, 0.3) is 0 Å². The number of aromatic nitrogens is 1. The number of hydrogen-bond acceptors (Lipinski definition) is 4. The quantitative estimate of drug-likeness (QED) is 0.648. The molecule has 0 unspecified atom stereocenters.